The zero-order chi connectivity index (χ0) is 11.8. The molecule has 0 unspecified atom stereocenters. The molecule has 2 aliphatic rings. The lowest BCUT2D eigenvalue weighted by Crippen LogP contribution is -2.40. The molecule has 1 aromatic rings. The number of ketones is 1. The van der Waals surface area contributed by atoms with Gasteiger partial charge < -0.3 is 0 Å². The Labute approximate surface area is 110 Å². The van der Waals surface area contributed by atoms with E-state index in [1.807, 2.05) is 6.07 Å². The normalized spacial score (nSPS) is 29.4. The maximum absolute atomic E-state index is 11.9. The largest absolute Gasteiger partial charge is 0.300 e. The summed E-state index contributed by atoms with van der Waals surface area (Å²) in [6.07, 6.45) is 3.87. The van der Waals surface area contributed by atoms with Gasteiger partial charge in [0.05, 0.1) is 0 Å². The molecule has 0 amide bonds. The number of piperidine rings is 1. The van der Waals surface area contributed by atoms with Crippen molar-refractivity contribution in [1.29, 1.82) is 0 Å². The third-order valence-corrected chi connectivity index (χ3v) is 4.69. The molecule has 0 saturated carbocycles. The van der Waals surface area contributed by atoms with Gasteiger partial charge in [0.1, 0.15) is 5.78 Å². The summed E-state index contributed by atoms with van der Waals surface area (Å²) in [5.41, 5.74) is 1.27. The molecule has 2 heterocycles. The Hall–Kier alpha value is -0.670. The zero-order valence-corrected chi connectivity index (χ0v) is 11.3. The van der Waals surface area contributed by atoms with Crippen molar-refractivity contribution in [3.8, 4) is 0 Å². The average molecular weight is 294 g/mol. The molecule has 2 atom stereocenters. The van der Waals surface area contributed by atoms with Crippen LogP contribution in [0.15, 0.2) is 28.7 Å². The van der Waals surface area contributed by atoms with Gasteiger partial charge in [-0.05, 0) is 31.0 Å². The van der Waals surface area contributed by atoms with Gasteiger partial charge in [0, 0.05) is 29.4 Å². The number of fused-ring (bicyclic) bond motifs is 1. The molecule has 90 valence electrons. The van der Waals surface area contributed by atoms with E-state index in [0.29, 0.717) is 24.3 Å². The minimum Gasteiger partial charge on any atom is -0.300 e. The second kappa shape index (κ2) is 4.54. The van der Waals surface area contributed by atoms with Crippen molar-refractivity contribution in [3.05, 3.63) is 34.3 Å². The Balaban J connectivity index is 1.95. The number of hydrogen-bond acceptors (Lipinski definition) is 2. The number of benzene rings is 1. The fourth-order valence-electron chi connectivity index (χ4n) is 3.20. The van der Waals surface area contributed by atoms with Gasteiger partial charge in [-0.25, -0.2) is 0 Å². The summed E-state index contributed by atoms with van der Waals surface area (Å²) in [6.45, 7) is 1.14. The summed E-state index contributed by atoms with van der Waals surface area (Å²) in [5, 5.41) is 0. The molecule has 2 aliphatic heterocycles. The zero-order valence-electron chi connectivity index (χ0n) is 9.73. The summed E-state index contributed by atoms with van der Waals surface area (Å²) in [7, 11) is 0. The summed E-state index contributed by atoms with van der Waals surface area (Å²) < 4.78 is 1.13. The third-order valence-electron chi connectivity index (χ3n) is 3.97. The van der Waals surface area contributed by atoms with Crippen LogP contribution in [-0.4, -0.2) is 23.3 Å². The molecule has 2 nitrogen and oxygen atoms in total. The van der Waals surface area contributed by atoms with E-state index in [9.17, 15) is 4.79 Å². The predicted octanol–water partition coefficient (Wildman–Crippen LogP) is 3.32. The second-order valence-electron chi connectivity index (χ2n) is 5.02. The molecule has 1 aromatic carbocycles. The van der Waals surface area contributed by atoms with Gasteiger partial charge in [-0.3, -0.25) is 9.69 Å². The van der Waals surface area contributed by atoms with Crippen molar-refractivity contribution in [2.75, 3.05) is 6.54 Å². The lowest BCUT2D eigenvalue weighted by atomic mass is 9.91. The molecule has 0 bridgehead atoms. The quantitative estimate of drug-likeness (QED) is 0.792. The number of carbonyl (C=O) groups is 1. The van der Waals surface area contributed by atoms with Gasteiger partial charge in [0.15, 0.2) is 0 Å². The number of rotatable bonds is 1. The van der Waals surface area contributed by atoms with Crippen LogP contribution < -0.4 is 0 Å². The first-order chi connectivity index (χ1) is 8.25. The third kappa shape index (κ3) is 2.06. The van der Waals surface area contributed by atoms with E-state index >= 15 is 0 Å². The smallest absolute Gasteiger partial charge is 0.136 e. The number of Topliss-reactive ketones (excluding diaryl/α,β-unsaturated/α-hetero) is 1. The fraction of sp³-hybridized carbons (Fsp3) is 0.500. The highest BCUT2D eigenvalue weighted by Gasteiger charge is 2.38. The van der Waals surface area contributed by atoms with Crippen LogP contribution in [0.4, 0.5) is 0 Å². The van der Waals surface area contributed by atoms with E-state index in [4.69, 9.17) is 0 Å². The highest BCUT2D eigenvalue weighted by molar-refractivity contribution is 9.10. The Morgan fingerprint density at radius 2 is 2.06 bits per heavy atom. The van der Waals surface area contributed by atoms with Crippen molar-refractivity contribution < 1.29 is 4.79 Å². The summed E-state index contributed by atoms with van der Waals surface area (Å²) in [5.74, 6) is 0.425. The van der Waals surface area contributed by atoms with Crippen LogP contribution in [0, 0.1) is 0 Å². The SMILES string of the molecule is O=C1C[C@H]2CCCN2[C@@H](c2ccccc2Br)C1. The van der Waals surface area contributed by atoms with Crippen LogP contribution in [0.1, 0.15) is 37.3 Å². The van der Waals surface area contributed by atoms with E-state index < -0.39 is 0 Å². The van der Waals surface area contributed by atoms with Crippen LogP contribution in [0.25, 0.3) is 0 Å². The Morgan fingerprint density at radius 3 is 2.88 bits per heavy atom. The number of hydrogen-bond donors (Lipinski definition) is 0. The van der Waals surface area contributed by atoms with E-state index in [2.05, 4.69) is 39.0 Å². The van der Waals surface area contributed by atoms with Gasteiger partial charge in [0.2, 0.25) is 0 Å². The summed E-state index contributed by atoms with van der Waals surface area (Å²) >= 11 is 3.61. The molecule has 3 heteroatoms. The van der Waals surface area contributed by atoms with Gasteiger partial charge in [-0.1, -0.05) is 34.1 Å². The lowest BCUT2D eigenvalue weighted by Gasteiger charge is -2.37. The van der Waals surface area contributed by atoms with Crippen LogP contribution in [0.3, 0.4) is 0 Å². The summed E-state index contributed by atoms with van der Waals surface area (Å²) in [6, 6.07) is 9.08. The summed E-state index contributed by atoms with van der Waals surface area (Å²) in [4.78, 5) is 14.4. The first kappa shape index (κ1) is 11.4. The van der Waals surface area contributed by atoms with E-state index in [0.717, 1.165) is 17.4 Å². The van der Waals surface area contributed by atoms with Gasteiger partial charge in [0.25, 0.3) is 0 Å². The van der Waals surface area contributed by atoms with Crippen LogP contribution in [-0.2, 0) is 4.79 Å². The molecule has 17 heavy (non-hydrogen) atoms. The van der Waals surface area contributed by atoms with Crippen molar-refractivity contribution in [1.82, 2.24) is 4.90 Å². The molecular weight excluding hydrogens is 278 g/mol. The van der Waals surface area contributed by atoms with Gasteiger partial charge in [-0.2, -0.15) is 0 Å². The molecule has 0 spiro atoms. The van der Waals surface area contributed by atoms with E-state index in [1.54, 1.807) is 0 Å². The standard InChI is InChI=1S/C14H16BrNO/c15-13-6-2-1-5-12(13)14-9-11(17)8-10-4-3-7-16(10)14/h1-2,5-6,10,14H,3-4,7-9H2/t10-,14-/m1/s1. The molecule has 2 fully saturated rings. The Bertz CT molecular complexity index is 446. The maximum Gasteiger partial charge on any atom is 0.136 e. The molecule has 0 N–H and O–H groups in total. The minimum atomic E-state index is 0.291. The molecule has 0 radical (unpaired) electrons. The highest BCUT2D eigenvalue weighted by Crippen LogP contribution is 2.40. The minimum absolute atomic E-state index is 0.291. The number of carbonyl (C=O) groups excluding carboxylic acids is 1. The molecular formula is C14H16BrNO. The molecule has 0 aliphatic carbocycles. The maximum atomic E-state index is 11.9. The van der Waals surface area contributed by atoms with Crippen LogP contribution >= 0.6 is 15.9 Å². The van der Waals surface area contributed by atoms with Gasteiger partial charge >= 0.3 is 0 Å². The first-order valence-electron chi connectivity index (χ1n) is 6.27. The number of halogens is 1. The first-order valence-corrected chi connectivity index (χ1v) is 7.07. The molecule has 3 rings (SSSR count). The van der Waals surface area contributed by atoms with E-state index in [-0.39, 0.29) is 0 Å². The van der Waals surface area contributed by atoms with Crippen LogP contribution in [0.5, 0.6) is 0 Å². The number of nitrogens with zero attached hydrogens (tertiary/aromatic N) is 1. The molecule has 0 aromatic heterocycles. The fourth-order valence-corrected chi connectivity index (χ4v) is 3.75. The monoisotopic (exact) mass is 293 g/mol. The molecule has 2 saturated heterocycles. The topological polar surface area (TPSA) is 20.3 Å². The van der Waals surface area contributed by atoms with Crippen molar-refractivity contribution in [2.45, 2.75) is 37.8 Å². The van der Waals surface area contributed by atoms with Crippen molar-refractivity contribution in [2.24, 2.45) is 0 Å². The second-order valence-corrected chi connectivity index (χ2v) is 5.87. The van der Waals surface area contributed by atoms with Crippen LogP contribution in [0.2, 0.25) is 0 Å². The van der Waals surface area contributed by atoms with Crippen molar-refractivity contribution >= 4 is 21.7 Å². The average Bonchev–Trinajstić information content (AvgIpc) is 2.76. The Morgan fingerprint density at radius 1 is 1.24 bits per heavy atom. The Kier molecular flexibility index (Phi) is 3.05. The highest BCUT2D eigenvalue weighted by atomic mass is 79.9. The van der Waals surface area contributed by atoms with Gasteiger partial charge in [-0.15, -0.1) is 0 Å². The van der Waals surface area contributed by atoms with Crippen molar-refractivity contribution in [3.63, 3.8) is 0 Å². The van der Waals surface area contributed by atoms with E-state index in [1.165, 1.54) is 18.4 Å². The predicted molar refractivity (Wildman–Crippen MR) is 70.9 cm³/mol. The lowest BCUT2D eigenvalue weighted by molar-refractivity contribution is -0.124.